The van der Waals surface area contributed by atoms with Gasteiger partial charge in [0.25, 0.3) is 0 Å². The maximum atomic E-state index is 13.5. The van der Waals surface area contributed by atoms with Gasteiger partial charge in [-0.2, -0.15) is 0 Å². The number of benzene rings is 2. The molecule has 0 aliphatic carbocycles. The van der Waals surface area contributed by atoms with Gasteiger partial charge in [-0.25, -0.2) is 9.48 Å². The number of hydrogen-bond acceptors (Lipinski definition) is 4. The first-order valence-corrected chi connectivity index (χ1v) is 13.2. The molecule has 0 bridgehead atoms. The summed E-state index contributed by atoms with van der Waals surface area (Å²) >= 11 is 0. The van der Waals surface area contributed by atoms with Crippen LogP contribution in [0.1, 0.15) is 47.2 Å². The van der Waals surface area contributed by atoms with E-state index in [4.69, 9.17) is 9.05 Å². The van der Waals surface area contributed by atoms with Crippen LogP contribution in [0.2, 0.25) is 0 Å². The lowest BCUT2D eigenvalue weighted by Gasteiger charge is -2.24. The molecule has 0 radical (unpaired) electrons. The minimum absolute atomic E-state index is 0. The summed E-state index contributed by atoms with van der Waals surface area (Å²) in [5.41, 5.74) is 9.81. The van der Waals surface area contributed by atoms with Crippen LogP contribution in [0.4, 0.5) is 11.4 Å². The molecule has 33 heavy (non-hydrogen) atoms. The maximum absolute atomic E-state index is 13.5. The summed E-state index contributed by atoms with van der Waals surface area (Å²) in [6, 6.07) is 8.84. The molecule has 2 aromatic rings. The molecule has 1 aliphatic rings. The van der Waals surface area contributed by atoms with Crippen LogP contribution in [0.15, 0.2) is 24.3 Å². The van der Waals surface area contributed by atoms with Gasteiger partial charge in [0.15, 0.2) is 0 Å². The highest BCUT2D eigenvalue weighted by Crippen LogP contribution is 2.50. The minimum atomic E-state index is -3.20. The smallest absolute Gasteiger partial charge is 0.335 e. The highest BCUT2D eigenvalue weighted by molar-refractivity contribution is 7.53. The monoisotopic (exact) mass is 536 g/mol. The zero-order chi connectivity index (χ0) is 23.6. The van der Waals surface area contributed by atoms with Crippen LogP contribution in [0.3, 0.4) is 0 Å². The lowest BCUT2D eigenvalue weighted by Crippen LogP contribution is -3.00. The van der Waals surface area contributed by atoms with Gasteiger partial charge in [0.1, 0.15) is 24.0 Å². The van der Waals surface area contributed by atoms with Gasteiger partial charge in [-0.15, -0.1) is 0 Å². The van der Waals surface area contributed by atoms with Gasteiger partial charge in [0.05, 0.1) is 19.4 Å². The third-order valence-corrected chi connectivity index (χ3v) is 8.14. The van der Waals surface area contributed by atoms with Crippen LogP contribution < -0.4 is 21.9 Å². The highest BCUT2D eigenvalue weighted by atomic mass is 79.9. The van der Waals surface area contributed by atoms with Crippen molar-refractivity contribution in [3.63, 3.8) is 0 Å². The molecule has 0 aromatic heterocycles. The summed E-state index contributed by atoms with van der Waals surface area (Å²) in [4.78, 5) is 2.29. The third-order valence-electron chi connectivity index (χ3n) is 5.97. The summed E-state index contributed by atoms with van der Waals surface area (Å²) in [5, 5.41) is 0. The van der Waals surface area contributed by atoms with Crippen molar-refractivity contribution < 1.29 is 35.2 Å². The zero-order valence-electron chi connectivity index (χ0n) is 21.2. The largest absolute Gasteiger partial charge is 1.00 e. The van der Waals surface area contributed by atoms with Gasteiger partial charge in [0, 0.05) is 0 Å². The van der Waals surface area contributed by atoms with Gasteiger partial charge in [-0.3, -0.25) is 4.57 Å². The molecule has 3 rings (SSSR count). The average molecular weight is 537 g/mol. The molecule has 5 nitrogen and oxygen atoms in total. The minimum Gasteiger partial charge on any atom is -1.00 e. The Hall–Kier alpha value is -1.46. The predicted octanol–water partition coefficient (Wildman–Crippen LogP) is 3.37. The number of aryl methyl sites for hydroxylation is 6. The van der Waals surface area contributed by atoms with Crippen molar-refractivity contribution in [2.24, 2.45) is 0 Å². The molecule has 1 heterocycles. The van der Waals surface area contributed by atoms with Crippen LogP contribution in [-0.2, 0) is 13.6 Å². The Morgan fingerprint density at radius 3 is 1.79 bits per heavy atom. The molecule has 0 N–H and O–H groups in total. The zero-order valence-corrected chi connectivity index (χ0v) is 23.7. The number of hydrogen-bond donors (Lipinski definition) is 0. The fourth-order valence-corrected chi connectivity index (χ4v) is 7.02. The van der Waals surface area contributed by atoms with E-state index in [1.54, 1.807) is 0 Å². The van der Waals surface area contributed by atoms with Crippen LogP contribution in [0.25, 0.3) is 0 Å². The second-order valence-electron chi connectivity index (χ2n) is 8.95. The van der Waals surface area contributed by atoms with E-state index < -0.39 is 7.60 Å². The van der Waals surface area contributed by atoms with Gasteiger partial charge < -0.3 is 26.0 Å². The molecule has 1 atom stereocenters. The summed E-state index contributed by atoms with van der Waals surface area (Å²) in [6.07, 6.45) is 2.53. The molecule has 1 aliphatic heterocycles. The van der Waals surface area contributed by atoms with E-state index in [-0.39, 0.29) is 23.0 Å². The second kappa shape index (κ2) is 11.3. The Balaban J connectivity index is 0.00000385. The van der Waals surface area contributed by atoms with Crippen LogP contribution in [-0.4, -0.2) is 42.9 Å². The van der Waals surface area contributed by atoms with E-state index in [1.165, 1.54) is 44.8 Å². The van der Waals surface area contributed by atoms with E-state index >= 15 is 0 Å². The van der Waals surface area contributed by atoms with Gasteiger partial charge in [0.2, 0.25) is 6.34 Å². The van der Waals surface area contributed by atoms with Crippen LogP contribution >= 0.6 is 7.60 Å². The molecule has 7 heteroatoms. The highest BCUT2D eigenvalue weighted by Gasteiger charge is 2.42. The van der Waals surface area contributed by atoms with Crippen molar-refractivity contribution >= 4 is 25.3 Å². The van der Waals surface area contributed by atoms with Crippen molar-refractivity contribution in [3.05, 3.63) is 57.6 Å². The molecule has 0 fully saturated rings. The Kier molecular flexibility index (Phi) is 9.52. The molecular weight excluding hydrogens is 499 g/mol. The van der Waals surface area contributed by atoms with Crippen molar-refractivity contribution in [2.75, 3.05) is 30.8 Å². The van der Waals surface area contributed by atoms with E-state index in [0.717, 1.165) is 6.54 Å². The molecule has 0 amide bonds. The molecule has 0 saturated heterocycles. The molecule has 182 valence electrons. The van der Waals surface area contributed by atoms with Gasteiger partial charge in [-0.05, 0) is 77.6 Å². The summed E-state index contributed by atoms with van der Waals surface area (Å²) in [6.45, 7) is 18.1. The van der Waals surface area contributed by atoms with Crippen molar-refractivity contribution in [3.8, 4) is 0 Å². The molecule has 0 saturated carbocycles. The number of rotatable bonds is 8. The normalized spacial score (nSPS) is 16.1. The topological polar surface area (TPSA) is 41.8 Å². The van der Waals surface area contributed by atoms with Gasteiger partial charge >= 0.3 is 7.60 Å². The Labute approximate surface area is 210 Å². The van der Waals surface area contributed by atoms with Crippen LogP contribution in [0, 0.1) is 41.5 Å². The number of halogens is 1. The summed E-state index contributed by atoms with van der Waals surface area (Å²) < 4.78 is 27.1. The number of nitrogens with zero attached hydrogens (tertiary/aromatic N) is 2. The van der Waals surface area contributed by atoms with Crippen LogP contribution in [0.5, 0.6) is 0 Å². The second-order valence-corrected chi connectivity index (χ2v) is 11.1. The first kappa shape index (κ1) is 27.8. The Morgan fingerprint density at radius 2 is 1.33 bits per heavy atom. The summed E-state index contributed by atoms with van der Waals surface area (Å²) in [7, 11) is -3.20. The van der Waals surface area contributed by atoms with Crippen molar-refractivity contribution in [1.82, 2.24) is 0 Å². The van der Waals surface area contributed by atoms with E-state index in [2.05, 4.69) is 81.6 Å². The Morgan fingerprint density at radius 1 is 0.879 bits per heavy atom. The maximum Gasteiger partial charge on any atom is 0.335 e. The standard InChI is InChI=1S/C26H38N2O3P.BrH/c1-9-30-32(29,31-10-2)16-24-15-27(25-20(5)11-18(3)12-21(25)6)17-28(24)26-22(7)13-19(4)14-23(26)8;/h11-14,17,24H,9-10,15-16H2,1-8H3;1H/q+1;/p-1. The van der Waals surface area contributed by atoms with Gasteiger partial charge in [-0.1, -0.05) is 35.4 Å². The van der Waals surface area contributed by atoms with E-state index in [1.807, 2.05) is 13.8 Å². The van der Waals surface area contributed by atoms with E-state index in [9.17, 15) is 4.57 Å². The first-order chi connectivity index (χ1) is 15.1. The average Bonchev–Trinajstić information content (AvgIpc) is 3.02. The lowest BCUT2D eigenvalue weighted by molar-refractivity contribution is -0.428. The number of anilines is 1. The molecule has 0 spiro atoms. The molecule has 1 unspecified atom stereocenters. The van der Waals surface area contributed by atoms with E-state index in [0.29, 0.717) is 19.4 Å². The summed E-state index contributed by atoms with van der Waals surface area (Å²) in [5.74, 6) is 0. The fraction of sp³-hybridized carbons (Fsp3) is 0.500. The predicted molar refractivity (Wildman–Crippen MR) is 134 cm³/mol. The Bertz CT molecular complexity index is 1030. The fourth-order valence-electron chi connectivity index (χ4n) is 5.14. The third kappa shape index (κ3) is 6.16. The first-order valence-electron chi connectivity index (χ1n) is 11.5. The SMILES string of the molecule is CCOP(=O)(CC1C[N+](c2c(C)cc(C)cc2C)=CN1c1c(C)cc(C)cc1C)OCC.[Br-]. The molecular formula is C26H38BrN2O3P. The van der Waals surface area contributed by atoms with Crippen molar-refractivity contribution in [2.45, 2.75) is 61.4 Å². The van der Waals surface area contributed by atoms with Crippen molar-refractivity contribution in [1.29, 1.82) is 0 Å². The quantitative estimate of drug-likeness (QED) is 0.383. The lowest BCUT2D eigenvalue weighted by atomic mass is 10.0. The molecule has 2 aromatic carbocycles.